The highest BCUT2D eigenvalue weighted by atomic mass is 31.3. The number of benzene rings is 1. The number of nitrogens with zero attached hydrogens (tertiary/aromatic N) is 3. The molecule has 1 aromatic heterocycles. The monoisotopic (exact) mass is 985 g/mol. The number of hydrogen-bond acceptors (Lipinski definition) is 22. The number of aliphatic hydroxyl groups is 1. The Hall–Kier alpha value is -2.65. The summed E-state index contributed by atoms with van der Waals surface area (Å²) in [6.45, 7) is -1.72. The number of phosphoric ester groups is 2. The summed E-state index contributed by atoms with van der Waals surface area (Å²) in [7, 11) is -37.0. The molecule has 340 valence electrons. The van der Waals surface area contributed by atoms with Crippen LogP contribution in [-0.4, -0.2) is 87.0 Å². The van der Waals surface area contributed by atoms with E-state index < -0.39 is 95.3 Å². The van der Waals surface area contributed by atoms with Gasteiger partial charge in [-0.05, 0) is 36.6 Å². The number of aliphatic hydroxyl groups excluding tert-OH is 1. The van der Waals surface area contributed by atoms with Crippen LogP contribution in [0.15, 0.2) is 41.3 Å². The van der Waals surface area contributed by atoms with Crippen molar-refractivity contribution in [1.82, 2.24) is 14.9 Å². The summed E-state index contributed by atoms with van der Waals surface area (Å²) in [4.78, 5) is 95.5. The van der Waals surface area contributed by atoms with Crippen LogP contribution < -0.4 is 16.7 Å². The predicted octanol–water partition coefficient (Wildman–Crippen LogP) is 2.59. The van der Waals surface area contributed by atoms with Crippen molar-refractivity contribution >= 4 is 64.5 Å². The summed E-state index contributed by atoms with van der Waals surface area (Å²) < 4.78 is 111. The molecule has 1 aromatic carbocycles. The molecule has 1 fully saturated rings. The average molecular weight is 985 g/mol. The number of nitrogen functional groups attached to an aromatic ring is 1. The van der Waals surface area contributed by atoms with Gasteiger partial charge in [-0.25, -0.2) is 37.0 Å². The molecule has 0 bridgehead atoms. The van der Waals surface area contributed by atoms with E-state index in [0.29, 0.717) is 24.8 Å². The number of hydrogen-bond donors (Lipinski definition) is 9. The lowest BCUT2D eigenvalue weighted by molar-refractivity contribution is -0.384. The number of phosphoric acid groups is 6. The van der Waals surface area contributed by atoms with Gasteiger partial charge in [0.15, 0.2) is 0 Å². The summed E-state index contributed by atoms with van der Waals surface area (Å²) in [6, 6.07) is 6.52. The molecule has 1 aliphatic rings. The van der Waals surface area contributed by atoms with Crippen molar-refractivity contribution in [3.8, 4) is 0 Å². The van der Waals surface area contributed by atoms with Gasteiger partial charge < -0.3 is 55.0 Å². The summed E-state index contributed by atoms with van der Waals surface area (Å²) in [5, 5.41) is 23.3. The van der Waals surface area contributed by atoms with Crippen LogP contribution in [0.1, 0.15) is 43.9 Å². The number of unbranched alkanes of at least 4 members (excludes halogenated alkanes) is 3. The van der Waals surface area contributed by atoms with Crippen molar-refractivity contribution in [1.29, 1.82) is 0 Å². The van der Waals surface area contributed by atoms with Gasteiger partial charge in [0.25, 0.3) is 5.69 Å². The second kappa shape index (κ2) is 21.6. The number of aromatic nitrogens is 2. The molecule has 1 aliphatic heterocycles. The Morgan fingerprint density at radius 3 is 1.88 bits per heavy atom. The Labute approximate surface area is 336 Å². The molecule has 37 heteroatoms. The number of nitrogens with one attached hydrogen (secondary N) is 1. The zero-order valence-electron chi connectivity index (χ0n) is 30.0. The molecule has 0 saturated carbocycles. The Bertz CT molecular complexity index is 2180. The Morgan fingerprint density at radius 2 is 1.35 bits per heavy atom. The molecule has 31 nitrogen and oxygen atoms in total. The highest BCUT2D eigenvalue weighted by Gasteiger charge is 2.50. The van der Waals surface area contributed by atoms with E-state index in [4.69, 9.17) is 15.2 Å². The number of non-ortho nitro benzene ring substituents is 1. The average Bonchev–Trinajstić information content (AvgIpc) is 3.44. The molecule has 0 radical (unpaired) electrons. The minimum absolute atomic E-state index is 0.0124. The number of carbonyl (C=O) groups is 1. The van der Waals surface area contributed by atoms with Gasteiger partial charge in [0.2, 0.25) is 0 Å². The molecule has 3 rings (SSSR count). The zero-order valence-corrected chi connectivity index (χ0v) is 35.4. The molecule has 1 saturated heterocycles. The molecule has 2 heterocycles. The third kappa shape index (κ3) is 18.8. The first kappa shape index (κ1) is 51.7. The standard InChI is InChI=1S/C23H37N5O26P6/c24-20-9-11-27(22(30)26-20)21-13-18(29)19(49-21)15-48-56(36,37)51-58(40,41)53-60(44,45)54-59(42,43)52-57(38,39)50-55(34,35)47-12-4-2-1-3-10-25-23(31)46-14-16-5-7-17(8-6-16)28(32)33/h5-9,11,18-19,21,29H,1-4,10,12-15H2,(H,25,31)(H,34,35)(H,36,37)(H,38,39)(H,40,41)(H,42,43)(H,44,45)(H2,24,26,30)/t18?,19-,21-/m1/s1. The number of nitrogens with two attached hydrogens (primary N) is 1. The van der Waals surface area contributed by atoms with Crippen LogP contribution in [-0.2, 0) is 74.1 Å². The van der Waals surface area contributed by atoms with Crippen molar-refractivity contribution < 1.29 is 112 Å². The SMILES string of the molecule is Nc1ccn([C@H]2CC(O)[C@@H](COP(=O)(O)OP(=O)(O)OP(=O)(O)OP(=O)(O)OP(=O)(O)OP(=O)(O)OCCCCCCNC(=O)OCc3ccc([N+](=O)[O-])cc3)O2)c(=O)n1. The van der Waals surface area contributed by atoms with Crippen molar-refractivity contribution in [2.75, 3.05) is 25.5 Å². The fraction of sp³-hybridized carbons (Fsp3) is 0.522. The van der Waals surface area contributed by atoms with Crippen LogP contribution in [0.25, 0.3) is 0 Å². The third-order valence-corrected chi connectivity index (χ3v) is 16.2. The molecular weight excluding hydrogens is 948 g/mol. The Morgan fingerprint density at radius 1 is 0.833 bits per heavy atom. The first-order valence-electron chi connectivity index (χ1n) is 16.2. The van der Waals surface area contributed by atoms with E-state index in [1.54, 1.807) is 0 Å². The number of nitro groups is 1. The normalized spacial score (nSPS) is 22.8. The number of anilines is 1. The molecule has 1 amide bonds. The molecular formula is C23H37N5O26P6. The van der Waals surface area contributed by atoms with E-state index in [9.17, 15) is 81.6 Å². The lowest BCUT2D eigenvalue weighted by atomic mass is 10.2. The highest BCUT2D eigenvalue weighted by molar-refractivity contribution is 7.72. The van der Waals surface area contributed by atoms with Gasteiger partial charge in [-0.2, -0.15) is 26.5 Å². The van der Waals surface area contributed by atoms with Gasteiger partial charge in [-0.3, -0.25) is 23.7 Å². The van der Waals surface area contributed by atoms with Gasteiger partial charge in [0, 0.05) is 31.3 Å². The fourth-order valence-corrected chi connectivity index (χ4v) is 12.3. The minimum Gasteiger partial charge on any atom is -0.445 e. The highest BCUT2D eigenvalue weighted by Crippen LogP contribution is 2.75. The van der Waals surface area contributed by atoms with Gasteiger partial charge in [-0.1, -0.05) is 12.8 Å². The van der Waals surface area contributed by atoms with Gasteiger partial charge in [0.1, 0.15) is 24.8 Å². The lowest BCUT2D eigenvalue weighted by Crippen LogP contribution is -2.28. The first-order valence-corrected chi connectivity index (χ1v) is 25.2. The van der Waals surface area contributed by atoms with Crippen molar-refractivity contribution in [3.63, 3.8) is 0 Å². The Kier molecular flexibility index (Phi) is 18.6. The first-order chi connectivity index (χ1) is 27.6. The number of rotatable bonds is 25. The number of ether oxygens (including phenoxy) is 2. The van der Waals surface area contributed by atoms with Gasteiger partial charge in [-0.15, -0.1) is 0 Å². The second-order valence-electron chi connectivity index (χ2n) is 11.7. The summed E-state index contributed by atoms with van der Waals surface area (Å²) >= 11 is 0. The maximum absolute atomic E-state index is 12.2. The molecule has 2 aromatic rings. The predicted molar refractivity (Wildman–Crippen MR) is 193 cm³/mol. The van der Waals surface area contributed by atoms with Crippen LogP contribution in [0.5, 0.6) is 0 Å². The molecule has 10 N–H and O–H groups in total. The largest absolute Gasteiger partial charge is 0.490 e. The second-order valence-corrected chi connectivity index (χ2v) is 21.1. The Balaban J connectivity index is 1.36. The van der Waals surface area contributed by atoms with Crippen molar-refractivity contribution in [3.05, 3.63) is 62.7 Å². The fourth-order valence-electron chi connectivity index (χ4n) is 4.47. The van der Waals surface area contributed by atoms with Gasteiger partial charge >= 0.3 is 58.7 Å². The summed E-state index contributed by atoms with van der Waals surface area (Å²) in [5.41, 5.74) is 4.87. The molecule has 0 spiro atoms. The summed E-state index contributed by atoms with van der Waals surface area (Å²) in [6.07, 6.45) is -2.97. The van der Waals surface area contributed by atoms with E-state index in [0.717, 1.165) is 10.8 Å². The molecule has 60 heavy (non-hydrogen) atoms. The molecule has 7 unspecified atom stereocenters. The van der Waals surface area contributed by atoms with E-state index in [-0.39, 0.29) is 37.5 Å². The van der Waals surface area contributed by atoms with Crippen molar-refractivity contribution in [2.24, 2.45) is 0 Å². The van der Waals surface area contributed by atoms with Crippen LogP contribution in [0.3, 0.4) is 0 Å². The number of carbonyl (C=O) groups excluding carboxylic acids is 1. The van der Waals surface area contributed by atoms with Crippen LogP contribution in [0.4, 0.5) is 16.3 Å². The molecule has 9 atom stereocenters. The van der Waals surface area contributed by atoms with Gasteiger partial charge in [0.05, 0.1) is 24.2 Å². The molecule has 0 aliphatic carbocycles. The van der Waals surface area contributed by atoms with Crippen LogP contribution >= 0.6 is 46.9 Å². The maximum Gasteiger partial charge on any atom is 0.490 e. The van der Waals surface area contributed by atoms with E-state index >= 15 is 0 Å². The van der Waals surface area contributed by atoms with E-state index in [1.165, 1.54) is 30.3 Å². The summed E-state index contributed by atoms with van der Waals surface area (Å²) in [5.74, 6) is -0.133. The van der Waals surface area contributed by atoms with Crippen LogP contribution in [0, 0.1) is 10.1 Å². The number of amides is 1. The lowest BCUT2D eigenvalue weighted by Gasteiger charge is -2.21. The maximum atomic E-state index is 12.2. The quantitative estimate of drug-likeness (QED) is 0.0299. The number of alkyl carbamates (subject to hydrolysis) is 1. The topological polar surface area (TPSA) is 460 Å². The van der Waals surface area contributed by atoms with E-state index in [2.05, 4.69) is 40.9 Å². The van der Waals surface area contributed by atoms with Crippen molar-refractivity contribution in [2.45, 2.75) is 57.1 Å². The minimum atomic E-state index is -6.49. The zero-order chi connectivity index (χ0) is 45.2. The third-order valence-electron chi connectivity index (χ3n) is 6.91. The van der Waals surface area contributed by atoms with E-state index in [1.807, 2.05) is 0 Å². The van der Waals surface area contributed by atoms with Crippen LogP contribution in [0.2, 0.25) is 0 Å². The number of nitro benzene ring substituents is 1. The smallest absolute Gasteiger partial charge is 0.445 e.